The number of nitrogens with zero attached hydrogens (tertiary/aromatic N) is 2. The Labute approximate surface area is 112 Å². The number of nitrogens with two attached hydrogens (primary N) is 1. The highest BCUT2D eigenvalue weighted by atomic mass is 19.1. The van der Waals surface area contributed by atoms with Crippen LogP contribution in [0.25, 0.3) is 0 Å². The summed E-state index contributed by atoms with van der Waals surface area (Å²) < 4.78 is 12.9. The zero-order valence-electron chi connectivity index (χ0n) is 10.8. The number of hydrogen-bond acceptors (Lipinski definition) is 4. The summed E-state index contributed by atoms with van der Waals surface area (Å²) in [4.78, 5) is 15.5. The fourth-order valence-electron chi connectivity index (χ4n) is 2.21. The Kier molecular flexibility index (Phi) is 4.70. The first-order chi connectivity index (χ1) is 9.19. The van der Waals surface area contributed by atoms with Crippen molar-refractivity contribution in [3.63, 3.8) is 0 Å². The van der Waals surface area contributed by atoms with E-state index in [0.29, 0.717) is 6.42 Å². The highest BCUT2D eigenvalue weighted by molar-refractivity contribution is 5.75. The molecule has 0 spiro atoms. The van der Waals surface area contributed by atoms with Crippen molar-refractivity contribution >= 4 is 11.6 Å². The smallest absolute Gasteiger partial charge is 0.235 e. The molecule has 1 heterocycles. The third kappa shape index (κ3) is 3.90. The number of hydrogen-bond donors (Lipinski definition) is 2. The zero-order valence-corrected chi connectivity index (χ0v) is 10.8. The predicted octanol–water partition coefficient (Wildman–Crippen LogP) is 0.328. The highest BCUT2D eigenvalue weighted by Crippen LogP contribution is 2.16. The summed E-state index contributed by atoms with van der Waals surface area (Å²) >= 11 is 0. The number of nitrogens with one attached hydrogen (secondary N) is 1. The van der Waals surface area contributed by atoms with E-state index in [-0.39, 0.29) is 11.7 Å². The van der Waals surface area contributed by atoms with Gasteiger partial charge in [0.1, 0.15) is 5.82 Å². The monoisotopic (exact) mass is 266 g/mol. The van der Waals surface area contributed by atoms with Crippen LogP contribution in [0.1, 0.15) is 6.42 Å². The molecule has 1 aliphatic rings. The van der Waals surface area contributed by atoms with Crippen molar-refractivity contribution in [3.05, 3.63) is 30.1 Å². The minimum absolute atomic E-state index is 0.138. The highest BCUT2D eigenvalue weighted by Gasteiger charge is 2.17. The Hall–Kier alpha value is -1.66. The average molecular weight is 266 g/mol. The Morgan fingerprint density at radius 3 is 2.42 bits per heavy atom. The van der Waals surface area contributed by atoms with Crippen LogP contribution < -0.4 is 16.2 Å². The average Bonchev–Trinajstić information content (AvgIpc) is 2.46. The molecule has 1 aliphatic heterocycles. The number of hydrazine groups is 1. The quantitative estimate of drug-likeness (QED) is 0.468. The molecule has 0 aliphatic carbocycles. The van der Waals surface area contributed by atoms with Gasteiger partial charge in [0.05, 0.1) is 0 Å². The number of carbonyl (C=O) groups excluding carboxylic acids is 1. The summed E-state index contributed by atoms with van der Waals surface area (Å²) in [6, 6.07) is 6.56. The molecule has 104 valence electrons. The van der Waals surface area contributed by atoms with Crippen LogP contribution >= 0.6 is 0 Å². The summed E-state index contributed by atoms with van der Waals surface area (Å²) in [5, 5.41) is 0. The van der Waals surface area contributed by atoms with Crippen molar-refractivity contribution in [2.24, 2.45) is 5.84 Å². The van der Waals surface area contributed by atoms with Crippen LogP contribution in [0.2, 0.25) is 0 Å². The van der Waals surface area contributed by atoms with Gasteiger partial charge in [-0.15, -0.1) is 0 Å². The second-order valence-corrected chi connectivity index (χ2v) is 4.62. The van der Waals surface area contributed by atoms with E-state index in [0.717, 1.165) is 38.4 Å². The molecule has 6 heteroatoms. The number of rotatable bonds is 4. The SMILES string of the molecule is NNC(=O)CCN1CCN(c2ccc(F)cc2)CC1. The van der Waals surface area contributed by atoms with Crippen molar-refractivity contribution in [1.82, 2.24) is 10.3 Å². The first-order valence-electron chi connectivity index (χ1n) is 6.41. The number of carbonyl (C=O) groups is 1. The lowest BCUT2D eigenvalue weighted by Gasteiger charge is -2.36. The Bertz CT molecular complexity index is 415. The van der Waals surface area contributed by atoms with E-state index in [1.165, 1.54) is 12.1 Å². The largest absolute Gasteiger partial charge is 0.369 e. The molecule has 1 fully saturated rings. The minimum Gasteiger partial charge on any atom is -0.369 e. The van der Waals surface area contributed by atoms with Gasteiger partial charge in [0.2, 0.25) is 5.91 Å². The van der Waals surface area contributed by atoms with E-state index in [1.807, 2.05) is 0 Å². The van der Waals surface area contributed by atoms with Gasteiger partial charge in [-0.3, -0.25) is 15.1 Å². The molecule has 0 radical (unpaired) electrons. The molecule has 0 bridgehead atoms. The van der Waals surface area contributed by atoms with Crippen LogP contribution in [-0.2, 0) is 4.79 Å². The number of anilines is 1. The molecule has 2 rings (SSSR count). The molecule has 0 unspecified atom stereocenters. The van der Waals surface area contributed by atoms with Gasteiger partial charge in [-0.2, -0.15) is 0 Å². The molecule has 0 atom stereocenters. The van der Waals surface area contributed by atoms with Crippen molar-refractivity contribution in [2.75, 3.05) is 37.6 Å². The molecular weight excluding hydrogens is 247 g/mol. The molecule has 1 amide bonds. The van der Waals surface area contributed by atoms with Crippen molar-refractivity contribution in [2.45, 2.75) is 6.42 Å². The van der Waals surface area contributed by atoms with Crippen LogP contribution in [0.4, 0.5) is 10.1 Å². The van der Waals surface area contributed by atoms with Crippen molar-refractivity contribution in [1.29, 1.82) is 0 Å². The van der Waals surface area contributed by atoms with Gasteiger partial charge < -0.3 is 4.90 Å². The van der Waals surface area contributed by atoms with E-state index in [1.54, 1.807) is 12.1 Å². The van der Waals surface area contributed by atoms with E-state index >= 15 is 0 Å². The maximum absolute atomic E-state index is 12.9. The normalized spacial score (nSPS) is 16.4. The lowest BCUT2D eigenvalue weighted by Crippen LogP contribution is -2.47. The maximum atomic E-state index is 12.9. The number of benzene rings is 1. The topological polar surface area (TPSA) is 61.6 Å². The third-order valence-corrected chi connectivity index (χ3v) is 3.38. The summed E-state index contributed by atoms with van der Waals surface area (Å²) in [5.74, 6) is 4.69. The van der Waals surface area contributed by atoms with Crippen molar-refractivity contribution in [3.8, 4) is 0 Å². The second-order valence-electron chi connectivity index (χ2n) is 4.62. The Morgan fingerprint density at radius 2 is 1.84 bits per heavy atom. The number of amides is 1. The number of piperazine rings is 1. The van der Waals surface area contributed by atoms with Gasteiger partial charge in [0.25, 0.3) is 0 Å². The number of halogens is 1. The second kappa shape index (κ2) is 6.49. The molecule has 5 nitrogen and oxygen atoms in total. The van der Waals surface area contributed by atoms with Gasteiger partial charge in [-0.05, 0) is 24.3 Å². The summed E-state index contributed by atoms with van der Waals surface area (Å²) in [6.07, 6.45) is 0.424. The lowest BCUT2D eigenvalue weighted by molar-refractivity contribution is -0.121. The van der Waals surface area contributed by atoms with Crippen molar-refractivity contribution < 1.29 is 9.18 Å². The van der Waals surface area contributed by atoms with Gasteiger partial charge >= 0.3 is 0 Å². The van der Waals surface area contributed by atoms with Gasteiger partial charge in [-0.1, -0.05) is 0 Å². The molecule has 3 N–H and O–H groups in total. The molecular formula is C13H19FN4O. The molecule has 0 saturated carbocycles. The molecule has 1 saturated heterocycles. The predicted molar refractivity (Wildman–Crippen MR) is 72.0 cm³/mol. The Morgan fingerprint density at radius 1 is 1.21 bits per heavy atom. The first kappa shape index (κ1) is 13.8. The van der Waals surface area contributed by atoms with Crippen LogP contribution in [0.5, 0.6) is 0 Å². The fourth-order valence-corrected chi connectivity index (χ4v) is 2.21. The standard InChI is InChI=1S/C13H19FN4O/c14-11-1-3-12(4-2-11)18-9-7-17(8-10-18)6-5-13(19)16-15/h1-4H,5-10,15H2,(H,16,19). The summed E-state index contributed by atoms with van der Waals surface area (Å²) in [7, 11) is 0. The lowest BCUT2D eigenvalue weighted by atomic mass is 10.2. The minimum atomic E-state index is -0.213. The molecule has 1 aromatic carbocycles. The third-order valence-electron chi connectivity index (χ3n) is 3.38. The maximum Gasteiger partial charge on any atom is 0.235 e. The van der Waals surface area contributed by atoms with E-state index in [9.17, 15) is 9.18 Å². The Balaban J connectivity index is 1.79. The van der Waals surface area contributed by atoms with Crippen LogP contribution in [-0.4, -0.2) is 43.5 Å². The first-order valence-corrected chi connectivity index (χ1v) is 6.41. The zero-order chi connectivity index (χ0) is 13.7. The van der Waals surface area contributed by atoms with Crippen LogP contribution in [0, 0.1) is 5.82 Å². The van der Waals surface area contributed by atoms with E-state index in [4.69, 9.17) is 5.84 Å². The molecule has 19 heavy (non-hydrogen) atoms. The summed E-state index contributed by atoms with van der Waals surface area (Å²) in [5.41, 5.74) is 3.18. The molecule has 0 aromatic heterocycles. The van der Waals surface area contributed by atoms with E-state index in [2.05, 4.69) is 15.2 Å². The van der Waals surface area contributed by atoms with E-state index < -0.39 is 0 Å². The van der Waals surface area contributed by atoms with Gasteiger partial charge in [-0.25, -0.2) is 10.2 Å². The fraction of sp³-hybridized carbons (Fsp3) is 0.462. The van der Waals surface area contributed by atoms with Crippen LogP contribution in [0.3, 0.4) is 0 Å². The van der Waals surface area contributed by atoms with Gasteiger partial charge in [0.15, 0.2) is 0 Å². The van der Waals surface area contributed by atoms with Crippen LogP contribution in [0.15, 0.2) is 24.3 Å². The summed E-state index contributed by atoms with van der Waals surface area (Å²) in [6.45, 7) is 4.29. The van der Waals surface area contributed by atoms with Gasteiger partial charge in [0, 0.05) is 44.8 Å². The molecule has 1 aromatic rings.